The van der Waals surface area contributed by atoms with Crippen molar-refractivity contribution in [2.45, 2.75) is 0 Å². The van der Waals surface area contributed by atoms with Crippen LogP contribution in [-0.4, -0.2) is 4.57 Å². The SMILES string of the molecule is c1ccc(-c2cc(N(c3ccc4oc5c6ccccc6ccc5c4c3)c3ccc4c5ccccc5n(-c5ccccc5)c4c3)cc3ccccc23)cc1. The molecule has 3 heteroatoms. The Labute approximate surface area is 306 Å². The third kappa shape index (κ3) is 4.68. The summed E-state index contributed by atoms with van der Waals surface area (Å²) in [6.45, 7) is 0. The van der Waals surface area contributed by atoms with Gasteiger partial charge < -0.3 is 13.9 Å². The van der Waals surface area contributed by atoms with E-state index in [0.717, 1.165) is 55.6 Å². The van der Waals surface area contributed by atoms with E-state index in [1.165, 1.54) is 43.6 Å². The molecule has 0 saturated heterocycles. The molecule has 0 N–H and O–H groups in total. The lowest BCUT2D eigenvalue weighted by Crippen LogP contribution is -2.10. The third-order valence-corrected chi connectivity index (χ3v) is 10.7. The Hall–Kier alpha value is -7.10. The van der Waals surface area contributed by atoms with Gasteiger partial charge in [-0.1, -0.05) is 127 Å². The van der Waals surface area contributed by atoms with Crippen LogP contribution < -0.4 is 4.90 Å². The maximum Gasteiger partial charge on any atom is 0.143 e. The fourth-order valence-electron chi connectivity index (χ4n) is 8.31. The first-order valence-corrected chi connectivity index (χ1v) is 18.1. The van der Waals surface area contributed by atoms with Gasteiger partial charge in [0.05, 0.1) is 11.0 Å². The van der Waals surface area contributed by atoms with Crippen molar-refractivity contribution in [2.24, 2.45) is 0 Å². The first kappa shape index (κ1) is 29.6. The predicted octanol–water partition coefficient (Wildman–Crippen LogP) is 14.1. The summed E-state index contributed by atoms with van der Waals surface area (Å²) in [6, 6.07) is 69.9. The van der Waals surface area contributed by atoms with Crippen molar-refractivity contribution in [1.29, 1.82) is 0 Å². The Bertz CT molecular complexity index is 3170. The van der Waals surface area contributed by atoms with E-state index in [9.17, 15) is 0 Å². The van der Waals surface area contributed by atoms with E-state index < -0.39 is 0 Å². The van der Waals surface area contributed by atoms with E-state index >= 15 is 0 Å². The van der Waals surface area contributed by atoms with Crippen molar-refractivity contribution < 1.29 is 4.42 Å². The van der Waals surface area contributed by atoms with Gasteiger partial charge in [-0.05, 0) is 94.0 Å². The van der Waals surface area contributed by atoms with Gasteiger partial charge in [0, 0.05) is 49.7 Å². The highest BCUT2D eigenvalue weighted by Gasteiger charge is 2.21. The smallest absolute Gasteiger partial charge is 0.143 e. The van der Waals surface area contributed by atoms with Gasteiger partial charge >= 0.3 is 0 Å². The van der Waals surface area contributed by atoms with Gasteiger partial charge in [-0.3, -0.25) is 0 Å². The quantitative estimate of drug-likeness (QED) is 0.181. The summed E-state index contributed by atoms with van der Waals surface area (Å²) < 4.78 is 8.97. The van der Waals surface area contributed by atoms with E-state index in [4.69, 9.17) is 4.42 Å². The highest BCUT2D eigenvalue weighted by atomic mass is 16.3. The van der Waals surface area contributed by atoms with Crippen molar-refractivity contribution in [1.82, 2.24) is 4.57 Å². The molecule has 2 heterocycles. The molecule has 0 spiro atoms. The Balaban J connectivity index is 1.21. The molecule has 0 aliphatic heterocycles. The molecule has 0 aliphatic rings. The van der Waals surface area contributed by atoms with Crippen LogP contribution in [0.15, 0.2) is 199 Å². The molecule has 53 heavy (non-hydrogen) atoms. The molecule has 0 radical (unpaired) electrons. The number of fused-ring (bicyclic) bond motifs is 9. The number of hydrogen-bond acceptors (Lipinski definition) is 2. The maximum atomic E-state index is 6.58. The first-order valence-electron chi connectivity index (χ1n) is 18.1. The topological polar surface area (TPSA) is 21.3 Å². The average Bonchev–Trinajstić information content (AvgIpc) is 3.77. The number of benzene rings is 9. The van der Waals surface area contributed by atoms with Crippen LogP contribution in [0.4, 0.5) is 17.1 Å². The van der Waals surface area contributed by atoms with E-state index in [-0.39, 0.29) is 0 Å². The van der Waals surface area contributed by atoms with Gasteiger partial charge in [-0.15, -0.1) is 0 Å². The molecule has 0 aliphatic carbocycles. The molecule has 248 valence electrons. The van der Waals surface area contributed by atoms with E-state index in [1.54, 1.807) is 0 Å². The summed E-state index contributed by atoms with van der Waals surface area (Å²) in [7, 11) is 0. The second-order valence-corrected chi connectivity index (χ2v) is 13.8. The zero-order valence-corrected chi connectivity index (χ0v) is 28.8. The Morgan fingerprint density at radius 1 is 0.377 bits per heavy atom. The summed E-state index contributed by atoms with van der Waals surface area (Å²) in [4.78, 5) is 2.41. The van der Waals surface area contributed by atoms with Crippen molar-refractivity contribution in [3.8, 4) is 16.8 Å². The fraction of sp³-hybridized carbons (Fsp3) is 0. The fourth-order valence-corrected chi connectivity index (χ4v) is 8.31. The standard InChI is InChI=1S/C50H32N2O/c1-3-13-33(14-4-1)45-31-39(29-35-16-8-9-19-40(35)45)51(37-25-28-49-46(30-37)44-26-23-34-15-7-10-20-41(34)50(44)53-49)38-24-27-43-42-21-11-12-22-47(42)52(48(43)32-38)36-17-5-2-6-18-36/h1-32H. The summed E-state index contributed by atoms with van der Waals surface area (Å²) >= 11 is 0. The molecule has 11 rings (SSSR count). The molecule has 0 fully saturated rings. The number of nitrogens with zero attached hydrogens (tertiary/aromatic N) is 2. The molecule has 2 aromatic heterocycles. The second kappa shape index (κ2) is 11.7. The number of anilines is 3. The summed E-state index contributed by atoms with van der Waals surface area (Å²) in [6.07, 6.45) is 0. The van der Waals surface area contributed by atoms with Crippen LogP contribution >= 0.6 is 0 Å². The van der Waals surface area contributed by atoms with E-state index in [0.29, 0.717) is 0 Å². The molecule has 0 bridgehead atoms. The second-order valence-electron chi connectivity index (χ2n) is 13.8. The van der Waals surface area contributed by atoms with Crippen LogP contribution in [0.2, 0.25) is 0 Å². The highest BCUT2D eigenvalue weighted by molar-refractivity contribution is 6.16. The lowest BCUT2D eigenvalue weighted by molar-refractivity contribution is 0.672. The first-order chi connectivity index (χ1) is 26.3. The van der Waals surface area contributed by atoms with E-state index in [2.05, 4.69) is 204 Å². The summed E-state index contributed by atoms with van der Waals surface area (Å²) in [5, 5.41) is 9.38. The molecule has 3 nitrogen and oxygen atoms in total. The third-order valence-electron chi connectivity index (χ3n) is 10.7. The van der Waals surface area contributed by atoms with E-state index in [1.807, 2.05) is 0 Å². The van der Waals surface area contributed by atoms with Gasteiger partial charge in [-0.2, -0.15) is 0 Å². The molecule has 0 saturated carbocycles. The van der Waals surface area contributed by atoms with Crippen molar-refractivity contribution >= 4 is 82.4 Å². The van der Waals surface area contributed by atoms with Crippen LogP contribution in [0, 0.1) is 0 Å². The Kier molecular flexibility index (Phi) is 6.55. The number of furan rings is 1. The van der Waals surface area contributed by atoms with Gasteiger partial charge in [0.2, 0.25) is 0 Å². The zero-order valence-electron chi connectivity index (χ0n) is 28.8. The maximum absolute atomic E-state index is 6.58. The van der Waals surface area contributed by atoms with Gasteiger partial charge in [0.1, 0.15) is 11.2 Å². The van der Waals surface area contributed by atoms with Crippen LogP contribution in [-0.2, 0) is 0 Å². The minimum Gasteiger partial charge on any atom is -0.455 e. The van der Waals surface area contributed by atoms with Crippen molar-refractivity contribution in [3.05, 3.63) is 194 Å². The van der Waals surface area contributed by atoms with Gasteiger partial charge in [0.25, 0.3) is 0 Å². The van der Waals surface area contributed by atoms with Crippen molar-refractivity contribution in [2.75, 3.05) is 4.90 Å². The minimum atomic E-state index is 0.878. The number of hydrogen-bond donors (Lipinski definition) is 0. The van der Waals surface area contributed by atoms with Crippen LogP contribution in [0.1, 0.15) is 0 Å². The Morgan fingerprint density at radius 3 is 1.87 bits per heavy atom. The lowest BCUT2D eigenvalue weighted by Gasteiger charge is -2.27. The lowest BCUT2D eigenvalue weighted by atomic mass is 9.96. The normalized spacial score (nSPS) is 11.8. The summed E-state index contributed by atoms with van der Waals surface area (Å²) in [5.74, 6) is 0. The molecular formula is C50H32N2O. The van der Waals surface area contributed by atoms with Crippen LogP contribution in [0.3, 0.4) is 0 Å². The predicted molar refractivity (Wildman–Crippen MR) is 223 cm³/mol. The van der Waals surface area contributed by atoms with Crippen molar-refractivity contribution in [3.63, 3.8) is 0 Å². The highest BCUT2D eigenvalue weighted by Crippen LogP contribution is 2.44. The number of rotatable bonds is 5. The monoisotopic (exact) mass is 676 g/mol. The average molecular weight is 677 g/mol. The zero-order chi connectivity index (χ0) is 34.9. The van der Waals surface area contributed by atoms with Gasteiger partial charge in [-0.25, -0.2) is 0 Å². The number of aromatic nitrogens is 1. The minimum absolute atomic E-state index is 0.878. The molecule has 0 atom stereocenters. The van der Waals surface area contributed by atoms with Gasteiger partial charge in [0.15, 0.2) is 0 Å². The van der Waals surface area contributed by atoms with Crippen LogP contribution in [0.5, 0.6) is 0 Å². The molecule has 11 aromatic rings. The number of para-hydroxylation sites is 2. The molecule has 0 amide bonds. The molecule has 0 unspecified atom stereocenters. The molecule has 9 aromatic carbocycles. The van der Waals surface area contributed by atoms with Crippen LogP contribution in [0.25, 0.3) is 82.1 Å². The largest absolute Gasteiger partial charge is 0.455 e. The Morgan fingerprint density at radius 2 is 1.02 bits per heavy atom. The molecular weight excluding hydrogens is 645 g/mol. The summed E-state index contributed by atoms with van der Waals surface area (Å²) in [5.41, 5.74) is 10.9.